The van der Waals surface area contributed by atoms with Crippen molar-refractivity contribution < 1.29 is 4.79 Å². The number of rotatable bonds is 18. The van der Waals surface area contributed by atoms with Gasteiger partial charge in [-0.15, -0.1) is 0 Å². The largest absolute Gasteiger partial charge is 0.378 e. The average molecular weight is 417 g/mol. The third kappa shape index (κ3) is 12.2. The Morgan fingerprint density at radius 3 is 1.37 bits per heavy atom. The fourth-order valence-electron chi connectivity index (χ4n) is 3.93. The summed E-state index contributed by atoms with van der Waals surface area (Å²) >= 11 is 0. The summed E-state index contributed by atoms with van der Waals surface area (Å²) in [5.74, 6) is 0.224. The minimum Gasteiger partial charge on any atom is -0.378 e. The third-order valence-corrected chi connectivity index (χ3v) is 6.12. The number of hydrogen-bond donors (Lipinski definition) is 0. The van der Waals surface area contributed by atoms with Gasteiger partial charge in [-0.25, -0.2) is 0 Å². The number of nitrogens with zero attached hydrogens (tertiary/aromatic N) is 2. The number of carbonyl (C=O) groups is 1. The second-order valence-electron chi connectivity index (χ2n) is 9.06. The molecule has 0 aromatic heterocycles. The number of benzene rings is 1. The third-order valence-electron chi connectivity index (χ3n) is 6.12. The quantitative estimate of drug-likeness (QED) is 0.226. The Morgan fingerprint density at radius 2 is 0.967 bits per heavy atom. The lowest BCUT2D eigenvalue weighted by Crippen LogP contribution is -2.25. The maximum atomic E-state index is 12.4. The number of hydrogen-bond acceptors (Lipinski definition) is 2. The van der Waals surface area contributed by atoms with E-state index in [0.29, 0.717) is 6.42 Å². The molecule has 3 nitrogen and oxygen atoms in total. The van der Waals surface area contributed by atoms with Crippen molar-refractivity contribution in [2.24, 2.45) is 0 Å². The summed E-state index contributed by atoms with van der Waals surface area (Å²) in [7, 11) is 5.94. The molecule has 0 saturated heterocycles. The van der Waals surface area contributed by atoms with E-state index in [1.54, 1.807) is 4.90 Å². The van der Waals surface area contributed by atoms with Crippen LogP contribution in [0, 0.1) is 0 Å². The molecule has 172 valence electrons. The van der Waals surface area contributed by atoms with E-state index in [1.165, 1.54) is 89.9 Å². The molecule has 1 amide bonds. The fourth-order valence-corrected chi connectivity index (χ4v) is 3.93. The molecule has 0 saturated carbocycles. The topological polar surface area (TPSA) is 23.6 Å². The molecule has 0 radical (unpaired) electrons. The second kappa shape index (κ2) is 17.2. The molecule has 0 N–H and O–H groups in total. The minimum atomic E-state index is 0.224. The van der Waals surface area contributed by atoms with E-state index in [4.69, 9.17) is 0 Å². The SMILES string of the molecule is CCCCCCCCCCCCCCCCCC(=O)N(C)c1ccc(N(C)C)cc1. The predicted molar refractivity (Wildman–Crippen MR) is 134 cm³/mol. The smallest absolute Gasteiger partial charge is 0.226 e. The summed E-state index contributed by atoms with van der Waals surface area (Å²) in [5, 5.41) is 0. The Balaban J connectivity index is 1.95. The van der Waals surface area contributed by atoms with E-state index in [-0.39, 0.29) is 5.91 Å². The van der Waals surface area contributed by atoms with Crippen LogP contribution in [0.1, 0.15) is 110 Å². The number of unbranched alkanes of at least 4 members (excludes halogenated alkanes) is 14. The van der Waals surface area contributed by atoms with Crippen LogP contribution in [0.4, 0.5) is 11.4 Å². The van der Waals surface area contributed by atoms with Crippen LogP contribution in [0.3, 0.4) is 0 Å². The first-order valence-electron chi connectivity index (χ1n) is 12.6. The molecule has 30 heavy (non-hydrogen) atoms. The van der Waals surface area contributed by atoms with Crippen molar-refractivity contribution in [1.82, 2.24) is 0 Å². The Bertz CT molecular complexity index is 538. The second-order valence-corrected chi connectivity index (χ2v) is 9.06. The lowest BCUT2D eigenvalue weighted by molar-refractivity contribution is -0.118. The molecule has 0 spiro atoms. The monoisotopic (exact) mass is 416 g/mol. The fraction of sp³-hybridized carbons (Fsp3) is 0.741. The molecule has 1 aromatic carbocycles. The Morgan fingerprint density at radius 1 is 0.600 bits per heavy atom. The van der Waals surface area contributed by atoms with Crippen LogP contribution in [-0.2, 0) is 4.79 Å². The normalized spacial score (nSPS) is 10.9. The number of amides is 1. The summed E-state index contributed by atoms with van der Waals surface area (Å²) in [6.07, 6.45) is 21.0. The molecule has 0 heterocycles. The maximum Gasteiger partial charge on any atom is 0.226 e. The van der Waals surface area contributed by atoms with Crippen molar-refractivity contribution in [3.63, 3.8) is 0 Å². The zero-order valence-electron chi connectivity index (χ0n) is 20.4. The van der Waals surface area contributed by atoms with E-state index >= 15 is 0 Å². The van der Waals surface area contributed by atoms with Gasteiger partial charge in [0, 0.05) is 38.9 Å². The Labute approximate surface area is 187 Å². The summed E-state index contributed by atoms with van der Waals surface area (Å²) < 4.78 is 0. The molecular weight excluding hydrogens is 368 g/mol. The molecule has 3 heteroatoms. The first-order chi connectivity index (χ1) is 14.6. The van der Waals surface area contributed by atoms with Crippen molar-refractivity contribution in [1.29, 1.82) is 0 Å². The van der Waals surface area contributed by atoms with Crippen molar-refractivity contribution in [3.8, 4) is 0 Å². The number of anilines is 2. The lowest BCUT2D eigenvalue weighted by atomic mass is 10.0. The van der Waals surface area contributed by atoms with Gasteiger partial charge in [-0.2, -0.15) is 0 Å². The summed E-state index contributed by atoms with van der Waals surface area (Å²) in [4.78, 5) is 16.3. The van der Waals surface area contributed by atoms with Crippen LogP contribution in [0.2, 0.25) is 0 Å². The lowest BCUT2D eigenvalue weighted by Gasteiger charge is -2.19. The molecule has 0 aliphatic rings. The zero-order chi connectivity index (χ0) is 22.0. The highest BCUT2D eigenvalue weighted by molar-refractivity contribution is 5.92. The standard InChI is InChI=1S/C27H48N2O/c1-5-6-7-8-9-10-11-12-13-14-15-16-17-18-19-20-27(30)29(4)26-23-21-25(22-24-26)28(2)3/h21-24H,5-20H2,1-4H3. The Hall–Kier alpha value is -1.51. The molecule has 0 aliphatic carbocycles. The van der Waals surface area contributed by atoms with Crippen molar-refractivity contribution >= 4 is 17.3 Å². The molecule has 0 aliphatic heterocycles. The van der Waals surface area contributed by atoms with E-state index in [1.807, 2.05) is 33.3 Å². The Kier molecular flexibility index (Phi) is 15.2. The minimum absolute atomic E-state index is 0.224. The molecule has 1 rings (SSSR count). The van der Waals surface area contributed by atoms with Gasteiger partial charge in [0.15, 0.2) is 0 Å². The first kappa shape index (κ1) is 26.5. The van der Waals surface area contributed by atoms with Crippen molar-refractivity contribution in [3.05, 3.63) is 24.3 Å². The van der Waals surface area contributed by atoms with Crippen LogP contribution in [-0.4, -0.2) is 27.1 Å². The predicted octanol–water partition coefficient (Wildman–Crippen LogP) is 7.98. The van der Waals surface area contributed by atoms with Gasteiger partial charge in [0.2, 0.25) is 5.91 Å². The van der Waals surface area contributed by atoms with Crippen LogP contribution in [0.25, 0.3) is 0 Å². The van der Waals surface area contributed by atoms with Gasteiger partial charge < -0.3 is 9.80 Å². The highest BCUT2D eigenvalue weighted by Crippen LogP contribution is 2.20. The van der Waals surface area contributed by atoms with Crippen LogP contribution < -0.4 is 9.80 Å². The van der Waals surface area contributed by atoms with Gasteiger partial charge in [-0.05, 0) is 30.7 Å². The van der Waals surface area contributed by atoms with Gasteiger partial charge in [0.25, 0.3) is 0 Å². The first-order valence-corrected chi connectivity index (χ1v) is 12.6. The number of carbonyl (C=O) groups excluding carboxylic acids is 1. The van der Waals surface area contributed by atoms with Gasteiger partial charge in [-0.3, -0.25) is 4.79 Å². The molecule has 1 aromatic rings. The van der Waals surface area contributed by atoms with E-state index in [9.17, 15) is 4.79 Å². The van der Waals surface area contributed by atoms with Crippen LogP contribution in [0.5, 0.6) is 0 Å². The van der Waals surface area contributed by atoms with E-state index < -0.39 is 0 Å². The molecule has 0 bridgehead atoms. The highest BCUT2D eigenvalue weighted by atomic mass is 16.2. The van der Waals surface area contributed by atoms with Crippen molar-refractivity contribution in [2.75, 3.05) is 30.9 Å². The summed E-state index contributed by atoms with van der Waals surface area (Å²) in [6, 6.07) is 8.18. The molecule has 0 fully saturated rings. The average Bonchev–Trinajstić information content (AvgIpc) is 2.75. The molecule has 0 atom stereocenters. The van der Waals surface area contributed by atoms with Gasteiger partial charge in [0.05, 0.1) is 0 Å². The van der Waals surface area contributed by atoms with Gasteiger partial charge in [-0.1, -0.05) is 96.8 Å². The van der Waals surface area contributed by atoms with Crippen molar-refractivity contribution in [2.45, 2.75) is 110 Å². The summed E-state index contributed by atoms with van der Waals surface area (Å²) in [6.45, 7) is 2.28. The van der Waals surface area contributed by atoms with E-state index in [0.717, 1.165) is 17.8 Å². The van der Waals surface area contributed by atoms with Gasteiger partial charge >= 0.3 is 0 Å². The molecular formula is C27H48N2O. The molecule has 0 unspecified atom stereocenters. The van der Waals surface area contributed by atoms with Crippen LogP contribution in [0.15, 0.2) is 24.3 Å². The highest BCUT2D eigenvalue weighted by Gasteiger charge is 2.10. The maximum absolute atomic E-state index is 12.4. The summed E-state index contributed by atoms with van der Waals surface area (Å²) in [5.41, 5.74) is 2.13. The zero-order valence-corrected chi connectivity index (χ0v) is 20.4. The van der Waals surface area contributed by atoms with E-state index in [2.05, 4.69) is 24.0 Å². The van der Waals surface area contributed by atoms with Gasteiger partial charge in [0.1, 0.15) is 0 Å². The van der Waals surface area contributed by atoms with Crippen LogP contribution >= 0.6 is 0 Å².